The van der Waals surface area contributed by atoms with Gasteiger partial charge in [0.15, 0.2) is 29.5 Å². The number of aliphatic hydroxyl groups is 1. The van der Waals surface area contributed by atoms with Crippen LogP contribution >= 0.6 is 0 Å². The summed E-state index contributed by atoms with van der Waals surface area (Å²) < 4.78 is 52.9. The second kappa shape index (κ2) is 7.67. The maximum absolute atomic E-state index is 17.6. The summed E-state index contributed by atoms with van der Waals surface area (Å²) in [6.45, 7) is 4.41. The lowest BCUT2D eigenvalue weighted by Gasteiger charge is -2.67. The number of ketones is 2. The van der Waals surface area contributed by atoms with Crippen molar-refractivity contribution in [2.75, 3.05) is 13.2 Å². The SMILES string of the molecule is C[C@]12C[C@H](O)[C@@]3(F)[C@@H](C[C@H](F)C4=CC(=O)C=C[C@@]43C)[C@]1(C)C[C@H]1CN(Cc3ccco3)O[C@]12C(=O)CF. The van der Waals surface area contributed by atoms with Gasteiger partial charge in [0.25, 0.3) is 0 Å². The van der Waals surface area contributed by atoms with Gasteiger partial charge in [0.2, 0.25) is 0 Å². The average molecular weight is 520 g/mol. The summed E-state index contributed by atoms with van der Waals surface area (Å²) in [6, 6.07) is 3.50. The molecule has 1 saturated heterocycles. The molecule has 9 atom stereocenters. The first-order valence-electron chi connectivity index (χ1n) is 12.9. The zero-order valence-corrected chi connectivity index (χ0v) is 21.2. The Kier molecular flexibility index (Phi) is 5.20. The molecule has 5 aliphatic rings. The zero-order valence-electron chi connectivity index (χ0n) is 21.2. The number of allylic oxidation sites excluding steroid dienone is 4. The lowest BCUT2D eigenvalue weighted by molar-refractivity contribution is -0.289. The second-order valence-corrected chi connectivity index (χ2v) is 12.2. The van der Waals surface area contributed by atoms with Crippen molar-refractivity contribution in [3.8, 4) is 0 Å². The van der Waals surface area contributed by atoms with Crippen molar-refractivity contribution in [1.29, 1.82) is 0 Å². The van der Waals surface area contributed by atoms with Gasteiger partial charge in [0, 0.05) is 29.2 Å². The molecule has 0 radical (unpaired) electrons. The number of alkyl halides is 3. The first-order chi connectivity index (χ1) is 17.4. The van der Waals surface area contributed by atoms with Crippen LogP contribution in [-0.4, -0.2) is 58.5 Å². The maximum Gasteiger partial charge on any atom is 0.198 e. The van der Waals surface area contributed by atoms with Gasteiger partial charge in [-0.2, -0.15) is 5.06 Å². The molecule has 3 saturated carbocycles. The van der Waals surface area contributed by atoms with E-state index < -0.39 is 69.9 Å². The summed E-state index contributed by atoms with van der Waals surface area (Å²) in [7, 11) is 0. The fraction of sp³-hybridized carbons (Fsp3) is 0.643. The lowest BCUT2D eigenvalue weighted by atomic mass is 9.39. The molecule has 1 aromatic rings. The van der Waals surface area contributed by atoms with E-state index >= 15 is 8.78 Å². The number of hydrogen-bond donors (Lipinski definition) is 1. The van der Waals surface area contributed by atoms with Gasteiger partial charge in [0.1, 0.15) is 11.9 Å². The summed E-state index contributed by atoms with van der Waals surface area (Å²) in [5.41, 5.74) is -7.60. The lowest BCUT2D eigenvalue weighted by Crippen LogP contribution is -2.73. The monoisotopic (exact) mass is 519 g/mol. The molecule has 0 aromatic carbocycles. The minimum atomic E-state index is -2.29. The van der Waals surface area contributed by atoms with E-state index in [2.05, 4.69) is 0 Å². The van der Waals surface area contributed by atoms with Gasteiger partial charge in [-0.15, -0.1) is 0 Å². The van der Waals surface area contributed by atoms with E-state index in [1.54, 1.807) is 24.1 Å². The Balaban J connectivity index is 1.46. The number of rotatable bonds is 4. The predicted molar refractivity (Wildman–Crippen MR) is 126 cm³/mol. The van der Waals surface area contributed by atoms with E-state index in [1.807, 2.05) is 6.92 Å². The molecular formula is C28H32F3NO5. The van der Waals surface area contributed by atoms with E-state index in [4.69, 9.17) is 9.25 Å². The van der Waals surface area contributed by atoms with Gasteiger partial charge >= 0.3 is 0 Å². The Morgan fingerprint density at radius 2 is 2.03 bits per heavy atom. The van der Waals surface area contributed by atoms with Crippen molar-refractivity contribution in [2.24, 2.45) is 28.1 Å². The van der Waals surface area contributed by atoms with Gasteiger partial charge in [-0.05, 0) is 61.5 Å². The van der Waals surface area contributed by atoms with Crippen LogP contribution < -0.4 is 0 Å². The highest BCUT2D eigenvalue weighted by Crippen LogP contribution is 2.77. The minimum absolute atomic E-state index is 0.0404. The van der Waals surface area contributed by atoms with Gasteiger partial charge in [-0.3, -0.25) is 14.4 Å². The average Bonchev–Trinajstić information content (AvgIpc) is 3.53. The van der Waals surface area contributed by atoms with Crippen molar-refractivity contribution in [2.45, 2.75) is 70.1 Å². The third kappa shape index (κ3) is 2.78. The number of fused-ring (bicyclic) bond motifs is 7. The number of halogens is 3. The Hall–Kier alpha value is -2.23. The van der Waals surface area contributed by atoms with Gasteiger partial charge in [-0.25, -0.2) is 13.2 Å². The van der Waals surface area contributed by atoms with E-state index in [-0.39, 0.29) is 31.5 Å². The summed E-state index contributed by atoms with van der Waals surface area (Å²) >= 11 is 0. The molecule has 1 N–H and O–H groups in total. The van der Waals surface area contributed by atoms with E-state index in [0.717, 1.165) is 6.08 Å². The quantitative estimate of drug-likeness (QED) is 0.641. The topological polar surface area (TPSA) is 80.0 Å². The highest BCUT2D eigenvalue weighted by Gasteiger charge is 2.83. The van der Waals surface area contributed by atoms with Crippen LogP contribution in [-0.2, 0) is 21.0 Å². The molecule has 0 amide bonds. The van der Waals surface area contributed by atoms with Crippen molar-refractivity contribution < 1.29 is 37.1 Å². The number of aliphatic hydroxyl groups excluding tert-OH is 1. The molecule has 4 fully saturated rings. The maximum atomic E-state index is 17.6. The Morgan fingerprint density at radius 1 is 1.27 bits per heavy atom. The molecule has 4 aliphatic carbocycles. The number of hydroxylamine groups is 2. The molecule has 0 unspecified atom stereocenters. The summed E-state index contributed by atoms with van der Waals surface area (Å²) in [6.07, 6.45) is 1.99. The number of carbonyl (C=O) groups is 2. The fourth-order valence-corrected chi connectivity index (χ4v) is 9.05. The van der Waals surface area contributed by atoms with Gasteiger partial charge in [-0.1, -0.05) is 19.9 Å². The molecule has 1 aromatic heterocycles. The number of nitrogens with zero attached hydrogens (tertiary/aromatic N) is 1. The van der Waals surface area contributed by atoms with Crippen molar-refractivity contribution in [3.63, 3.8) is 0 Å². The Bertz CT molecular complexity index is 1220. The van der Waals surface area contributed by atoms with Crippen LogP contribution in [0.25, 0.3) is 0 Å². The molecule has 6 nitrogen and oxygen atoms in total. The van der Waals surface area contributed by atoms with Crippen LogP contribution in [0.3, 0.4) is 0 Å². The smallest absolute Gasteiger partial charge is 0.198 e. The normalized spacial score (nSPS) is 48.7. The number of hydrogen-bond acceptors (Lipinski definition) is 6. The van der Waals surface area contributed by atoms with Crippen LogP contribution in [0.2, 0.25) is 0 Å². The van der Waals surface area contributed by atoms with Crippen molar-refractivity contribution in [1.82, 2.24) is 5.06 Å². The number of Topliss-reactive ketones (excluding diaryl/α,β-unsaturated/α-hetero) is 1. The highest BCUT2D eigenvalue weighted by molar-refractivity contribution is 6.01. The van der Waals surface area contributed by atoms with E-state index in [1.165, 1.54) is 25.3 Å². The molecule has 37 heavy (non-hydrogen) atoms. The predicted octanol–water partition coefficient (Wildman–Crippen LogP) is 4.24. The molecular weight excluding hydrogens is 487 g/mol. The largest absolute Gasteiger partial charge is 0.468 e. The third-order valence-corrected chi connectivity index (χ3v) is 10.9. The second-order valence-electron chi connectivity index (χ2n) is 12.2. The molecule has 0 spiro atoms. The molecule has 9 heteroatoms. The Morgan fingerprint density at radius 3 is 2.70 bits per heavy atom. The van der Waals surface area contributed by atoms with Crippen LogP contribution in [0.4, 0.5) is 13.2 Å². The third-order valence-electron chi connectivity index (χ3n) is 10.9. The molecule has 1 aliphatic heterocycles. The minimum Gasteiger partial charge on any atom is -0.468 e. The summed E-state index contributed by atoms with van der Waals surface area (Å²) in [5, 5.41) is 13.2. The van der Waals surface area contributed by atoms with Crippen molar-refractivity contribution in [3.05, 3.63) is 48.0 Å². The molecule has 0 bridgehead atoms. The van der Waals surface area contributed by atoms with Crippen LogP contribution in [0.5, 0.6) is 0 Å². The first-order valence-corrected chi connectivity index (χ1v) is 12.9. The molecule has 2 heterocycles. The van der Waals surface area contributed by atoms with E-state index in [9.17, 15) is 19.1 Å². The zero-order chi connectivity index (χ0) is 26.6. The number of furan rings is 1. The molecule has 200 valence electrons. The summed E-state index contributed by atoms with van der Waals surface area (Å²) in [5.74, 6) is -2.03. The van der Waals surface area contributed by atoms with Crippen LogP contribution in [0.15, 0.2) is 46.6 Å². The van der Waals surface area contributed by atoms with Crippen LogP contribution in [0, 0.1) is 28.1 Å². The Labute approximate surface area is 213 Å². The highest BCUT2D eigenvalue weighted by atomic mass is 19.1. The van der Waals surface area contributed by atoms with Crippen molar-refractivity contribution >= 4 is 11.6 Å². The standard InChI is InChI=1S/C28H32F3NO5/c1-24-7-6-17(33)9-19(24)20(30)10-21-25(2)11-16-14-32(15-18-5-4-8-36-18)37-28(16,23(35)13-29)26(25,3)12-22(34)27(21,24)31/h4-9,16,20-22,34H,10-15H2,1-3H3/t16-,20-,21-,22-,24-,25-,26-,27-,28-/m0/s1. The molecule has 6 rings (SSSR count). The van der Waals surface area contributed by atoms with E-state index in [0.29, 0.717) is 12.2 Å². The summed E-state index contributed by atoms with van der Waals surface area (Å²) in [4.78, 5) is 31.9. The number of carbonyl (C=O) groups excluding carboxylic acids is 2. The fourth-order valence-electron chi connectivity index (χ4n) is 9.05. The van der Waals surface area contributed by atoms with Gasteiger partial charge < -0.3 is 9.52 Å². The van der Waals surface area contributed by atoms with Crippen LogP contribution in [0.1, 0.15) is 45.8 Å². The van der Waals surface area contributed by atoms with Gasteiger partial charge in [0.05, 0.1) is 18.9 Å². The first kappa shape index (κ1) is 25.1.